The van der Waals surface area contributed by atoms with Crippen LogP contribution in [0.15, 0.2) is 0 Å². The van der Waals surface area contributed by atoms with Crippen LogP contribution in [0.1, 0.15) is 0 Å². The van der Waals surface area contributed by atoms with Crippen molar-refractivity contribution < 1.29 is 23.1 Å². The van der Waals surface area contributed by atoms with Crippen LogP contribution in [-0.2, 0) is 4.79 Å². The highest BCUT2D eigenvalue weighted by molar-refractivity contribution is 5.78. The largest absolute Gasteiger partial charge is 0.406 e. The van der Waals surface area contributed by atoms with Crippen LogP contribution in [0.3, 0.4) is 0 Å². The van der Waals surface area contributed by atoms with E-state index < -0.39 is 25.2 Å². The van der Waals surface area contributed by atoms with Crippen LogP contribution in [-0.4, -0.2) is 79.4 Å². The Morgan fingerprint density at radius 2 is 1.94 bits per heavy atom. The molecule has 0 aromatic rings. The van der Waals surface area contributed by atoms with E-state index in [0.29, 0.717) is 18.0 Å². The number of hydrogen-bond donors (Lipinski definition) is 2. The van der Waals surface area contributed by atoms with E-state index >= 15 is 0 Å². The smallest absolute Gasteiger partial charge is 0.395 e. The molecular formula is C10H18F3N3O2. The molecule has 1 heterocycles. The first-order valence-electron chi connectivity index (χ1n) is 5.81. The second-order valence-corrected chi connectivity index (χ2v) is 4.18. The molecule has 1 amide bonds. The summed E-state index contributed by atoms with van der Waals surface area (Å²) in [6.07, 6.45) is -4.44. The standard InChI is InChI=1S/C10H18F3N3O2/c11-10(12,13)8-16(5-6-17)9(18)7-15-3-1-14-2-4-15/h14,17H,1-8H2. The molecule has 0 bridgehead atoms. The monoisotopic (exact) mass is 269 g/mol. The van der Waals surface area contributed by atoms with Crippen LogP contribution in [0.2, 0.25) is 0 Å². The number of carbonyl (C=O) groups excluding carboxylic acids is 1. The average Bonchev–Trinajstić information content (AvgIpc) is 2.28. The zero-order chi connectivity index (χ0) is 13.6. The van der Waals surface area contributed by atoms with E-state index in [1.54, 1.807) is 4.90 Å². The molecule has 5 nitrogen and oxygen atoms in total. The highest BCUT2D eigenvalue weighted by Crippen LogP contribution is 2.16. The summed E-state index contributed by atoms with van der Waals surface area (Å²) >= 11 is 0. The summed E-state index contributed by atoms with van der Waals surface area (Å²) in [4.78, 5) is 14.2. The molecule has 1 rings (SSSR count). The normalized spacial score (nSPS) is 17.8. The van der Waals surface area contributed by atoms with Gasteiger partial charge >= 0.3 is 6.18 Å². The number of piperazine rings is 1. The van der Waals surface area contributed by atoms with Gasteiger partial charge in [-0.3, -0.25) is 9.69 Å². The zero-order valence-electron chi connectivity index (χ0n) is 10.0. The lowest BCUT2D eigenvalue weighted by molar-refractivity contribution is -0.162. The van der Waals surface area contributed by atoms with E-state index in [4.69, 9.17) is 5.11 Å². The van der Waals surface area contributed by atoms with Gasteiger partial charge in [-0.15, -0.1) is 0 Å². The minimum Gasteiger partial charge on any atom is -0.395 e. The van der Waals surface area contributed by atoms with Crippen molar-refractivity contribution in [3.05, 3.63) is 0 Å². The molecule has 1 aliphatic heterocycles. The minimum absolute atomic E-state index is 0.0300. The third-order valence-corrected chi connectivity index (χ3v) is 2.66. The fourth-order valence-electron chi connectivity index (χ4n) is 1.79. The fourth-order valence-corrected chi connectivity index (χ4v) is 1.79. The number of aliphatic hydroxyl groups is 1. The predicted octanol–water partition coefficient (Wildman–Crippen LogP) is -0.725. The molecule has 106 valence electrons. The van der Waals surface area contributed by atoms with E-state index in [1.165, 1.54) is 0 Å². The van der Waals surface area contributed by atoms with E-state index in [1.807, 2.05) is 0 Å². The number of amides is 1. The third kappa shape index (κ3) is 5.65. The van der Waals surface area contributed by atoms with E-state index in [9.17, 15) is 18.0 Å². The SMILES string of the molecule is O=C(CN1CCNCC1)N(CCO)CC(F)(F)F. The summed E-state index contributed by atoms with van der Waals surface area (Å²) in [5, 5.41) is 11.8. The average molecular weight is 269 g/mol. The molecule has 0 aromatic heterocycles. The molecule has 1 fully saturated rings. The summed E-state index contributed by atoms with van der Waals surface area (Å²) in [6.45, 7) is 0.651. The van der Waals surface area contributed by atoms with Crippen molar-refractivity contribution in [2.45, 2.75) is 6.18 Å². The summed E-state index contributed by atoms with van der Waals surface area (Å²) in [5.74, 6) is -0.594. The summed E-state index contributed by atoms with van der Waals surface area (Å²) in [6, 6.07) is 0. The molecule has 1 aliphatic rings. The molecular weight excluding hydrogens is 251 g/mol. The number of rotatable bonds is 5. The Balaban J connectivity index is 2.47. The molecule has 2 N–H and O–H groups in total. The summed E-state index contributed by atoms with van der Waals surface area (Å²) in [7, 11) is 0. The number of carbonyl (C=O) groups is 1. The second kappa shape index (κ2) is 6.91. The lowest BCUT2D eigenvalue weighted by Crippen LogP contribution is -2.50. The van der Waals surface area contributed by atoms with Crippen LogP contribution in [0.25, 0.3) is 0 Å². The zero-order valence-corrected chi connectivity index (χ0v) is 10.0. The number of alkyl halides is 3. The molecule has 0 radical (unpaired) electrons. The van der Waals surface area contributed by atoms with Crippen LogP contribution in [0.4, 0.5) is 13.2 Å². The molecule has 0 saturated carbocycles. The van der Waals surface area contributed by atoms with Crippen LogP contribution in [0.5, 0.6) is 0 Å². The molecule has 8 heteroatoms. The Morgan fingerprint density at radius 3 is 2.44 bits per heavy atom. The molecule has 18 heavy (non-hydrogen) atoms. The molecule has 0 unspecified atom stereocenters. The van der Waals surface area contributed by atoms with Crippen molar-refractivity contribution >= 4 is 5.91 Å². The molecule has 1 saturated heterocycles. The first-order valence-corrected chi connectivity index (χ1v) is 5.81. The van der Waals surface area contributed by atoms with Crippen molar-refractivity contribution in [3.8, 4) is 0 Å². The minimum atomic E-state index is -4.44. The molecule has 0 atom stereocenters. The topological polar surface area (TPSA) is 55.8 Å². The van der Waals surface area contributed by atoms with Gasteiger partial charge in [-0.2, -0.15) is 13.2 Å². The Labute approximate surface area is 104 Å². The van der Waals surface area contributed by atoms with Crippen LogP contribution >= 0.6 is 0 Å². The summed E-state index contributed by atoms with van der Waals surface area (Å²) < 4.78 is 36.8. The quantitative estimate of drug-likeness (QED) is 0.691. The Morgan fingerprint density at radius 1 is 1.33 bits per heavy atom. The van der Waals surface area contributed by atoms with Gasteiger partial charge in [0, 0.05) is 32.7 Å². The van der Waals surface area contributed by atoms with Gasteiger partial charge in [-0.05, 0) is 0 Å². The highest BCUT2D eigenvalue weighted by Gasteiger charge is 2.33. The highest BCUT2D eigenvalue weighted by atomic mass is 19.4. The van der Waals surface area contributed by atoms with Crippen LogP contribution < -0.4 is 5.32 Å². The maximum atomic E-state index is 12.3. The lowest BCUT2D eigenvalue weighted by Gasteiger charge is -2.30. The number of aliphatic hydroxyl groups excluding tert-OH is 1. The lowest BCUT2D eigenvalue weighted by atomic mass is 10.3. The van der Waals surface area contributed by atoms with E-state index in [-0.39, 0.29) is 13.1 Å². The Kier molecular flexibility index (Phi) is 5.83. The molecule has 0 aromatic carbocycles. The van der Waals surface area contributed by atoms with E-state index in [0.717, 1.165) is 13.1 Å². The third-order valence-electron chi connectivity index (χ3n) is 2.66. The molecule has 0 aliphatic carbocycles. The van der Waals surface area contributed by atoms with Gasteiger partial charge in [0.1, 0.15) is 6.54 Å². The van der Waals surface area contributed by atoms with Gasteiger partial charge in [-0.1, -0.05) is 0 Å². The van der Waals surface area contributed by atoms with Gasteiger partial charge in [0.25, 0.3) is 0 Å². The fraction of sp³-hybridized carbons (Fsp3) is 0.900. The van der Waals surface area contributed by atoms with Crippen molar-refractivity contribution in [1.82, 2.24) is 15.1 Å². The summed E-state index contributed by atoms with van der Waals surface area (Å²) in [5.41, 5.74) is 0. The maximum absolute atomic E-state index is 12.3. The van der Waals surface area contributed by atoms with Gasteiger partial charge in [0.2, 0.25) is 5.91 Å². The van der Waals surface area contributed by atoms with Crippen molar-refractivity contribution in [3.63, 3.8) is 0 Å². The van der Waals surface area contributed by atoms with Gasteiger partial charge in [0.05, 0.1) is 13.2 Å². The van der Waals surface area contributed by atoms with Gasteiger partial charge in [0.15, 0.2) is 0 Å². The number of hydrogen-bond acceptors (Lipinski definition) is 4. The van der Waals surface area contributed by atoms with Crippen molar-refractivity contribution in [2.75, 3.05) is 52.4 Å². The van der Waals surface area contributed by atoms with Crippen molar-refractivity contribution in [2.24, 2.45) is 0 Å². The van der Waals surface area contributed by atoms with Crippen LogP contribution in [0, 0.1) is 0 Å². The number of nitrogens with zero attached hydrogens (tertiary/aromatic N) is 2. The predicted molar refractivity (Wildman–Crippen MR) is 59.0 cm³/mol. The second-order valence-electron chi connectivity index (χ2n) is 4.18. The number of nitrogens with one attached hydrogen (secondary N) is 1. The van der Waals surface area contributed by atoms with Gasteiger partial charge < -0.3 is 15.3 Å². The maximum Gasteiger partial charge on any atom is 0.406 e. The first-order chi connectivity index (χ1) is 8.42. The van der Waals surface area contributed by atoms with Gasteiger partial charge in [-0.25, -0.2) is 0 Å². The van der Waals surface area contributed by atoms with Crippen molar-refractivity contribution in [1.29, 1.82) is 0 Å². The first kappa shape index (κ1) is 15.2. The van der Waals surface area contributed by atoms with E-state index in [2.05, 4.69) is 5.32 Å². The number of halogens is 3. The molecule has 0 spiro atoms. The Hall–Kier alpha value is -0.860. The Bertz CT molecular complexity index is 268.